The molecular formula is C19H16F3N3O. The van der Waals surface area contributed by atoms with Gasteiger partial charge in [-0.2, -0.15) is 18.2 Å². The van der Waals surface area contributed by atoms with E-state index in [0.29, 0.717) is 24.0 Å². The second-order valence-corrected chi connectivity index (χ2v) is 6.52. The second kappa shape index (κ2) is 5.65. The van der Waals surface area contributed by atoms with Crippen LogP contribution in [-0.4, -0.2) is 23.8 Å². The van der Waals surface area contributed by atoms with Crippen molar-refractivity contribution in [1.29, 1.82) is 0 Å². The second-order valence-electron chi connectivity index (χ2n) is 6.52. The Kier molecular flexibility index (Phi) is 3.64. The van der Waals surface area contributed by atoms with Crippen molar-refractivity contribution in [2.24, 2.45) is 4.99 Å². The molecule has 26 heavy (non-hydrogen) atoms. The van der Waals surface area contributed by atoms with Crippen LogP contribution in [0.3, 0.4) is 0 Å². The Morgan fingerprint density at radius 3 is 2.65 bits per heavy atom. The van der Waals surface area contributed by atoms with Gasteiger partial charge in [0.25, 0.3) is 5.91 Å². The molecule has 134 valence electrons. The van der Waals surface area contributed by atoms with E-state index >= 15 is 0 Å². The molecule has 0 saturated carbocycles. The number of fused-ring (bicyclic) bond motifs is 4. The molecule has 0 unspecified atom stereocenters. The molecule has 1 aliphatic heterocycles. The predicted octanol–water partition coefficient (Wildman–Crippen LogP) is 3.23. The van der Waals surface area contributed by atoms with Crippen LogP contribution < -0.4 is 5.32 Å². The lowest BCUT2D eigenvalue weighted by atomic mass is 9.65. The number of amidine groups is 1. The van der Waals surface area contributed by atoms with Gasteiger partial charge in [-0.1, -0.05) is 24.3 Å². The maximum absolute atomic E-state index is 13.3. The highest BCUT2D eigenvalue weighted by atomic mass is 19.4. The summed E-state index contributed by atoms with van der Waals surface area (Å²) < 4.78 is 39.9. The summed E-state index contributed by atoms with van der Waals surface area (Å²) in [5.41, 5.74) is -0.000687. The molecule has 2 aliphatic rings. The molecule has 4 rings (SSSR count). The summed E-state index contributed by atoms with van der Waals surface area (Å²) in [5.74, 6) is -0.215. The lowest BCUT2D eigenvalue weighted by molar-refractivity contribution is -0.141. The van der Waals surface area contributed by atoms with E-state index in [1.165, 1.54) is 6.07 Å². The van der Waals surface area contributed by atoms with Crippen molar-refractivity contribution in [2.75, 3.05) is 7.05 Å². The Morgan fingerprint density at radius 2 is 1.92 bits per heavy atom. The number of carbonyl (C=O) groups excluding carboxylic acids is 1. The molecule has 0 bridgehead atoms. The Balaban J connectivity index is 2.05. The van der Waals surface area contributed by atoms with Gasteiger partial charge in [-0.25, -0.2) is 4.98 Å². The van der Waals surface area contributed by atoms with Gasteiger partial charge in [-0.3, -0.25) is 4.79 Å². The number of nitrogens with one attached hydrogen (secondary N) is 1. The Hall–Kier alpha value is -2.70. The van der Waals surface area contributed by atoms with Crippen molar-refractivity contribution >= 4 is 11.7 Å². The molecule has 7 heteroatoms. The topological polar surface area (TPSA) is 54.4 Å². The number of halogens is 3. The van der Waals surface area contributed by atoms with Crippen LogP contribution in [0.4, 0.5) is 13.2 Å². The first-order valence-corrected chi connectivity index (χ1v) is 8.36. The molecule has 1 aliphatic carbocycles. The number of aromatic nitrogens is 1. The van der Waals surface area contributed by atoms with E-state index in [1.54, 1.807) is 19.2 Å². The molecule has 1 aromatic heterocycles. The number of aliphatic imine (C=N–C) groups is 1. The summed E-state index contributed by atoms with van der Waals surface area (Å²) in [7, 11) is 1.58. The first-order chi connectivity index (χ1) is 12.4. The number of nitrogens with zero attached hydrogens (tertiary/aromatic N) is 2. The van der Waals surface area contributed by atoms with E-state index in [0.717, 1.165) is 18.1 Å². The average molecular weight is 359 g/mol. The molecule has 1 spiro atoms. The molecule has 0 fully saturated rings. The number of aryl methyl sites for hydroxylation is 1. The largest absolute Gasteiger partial charge is 0.433 e. The lowest BCUT2D eigenvalue weighted by Crippen LogP contribution is -2.46. The standard InChI is InChI=1S/C19H16F3N3O/c1-23-16-12-8-9-14(19(20,21)22)24-15(12)18(17(26)25-16)10-4-6-11-5-2-3-7-13(11)18/h2-3,5,7-9H,4,6,10H2,1H3,(H,23,25,26)/t18-/m1/s1. The van der Waals surface area contributed by atoms with Crippen molar-refractivity contribution in [3.63, 3.8) is 0 Å². The summed E-state index contributed by atoms with van der Waals surface area (Å²) >= 11 is 0. The average Bonchev–Trinajstić information content (AvgIpc) is 2.63. The molecule has 2 aromatic rings. The number of hydrogen-bond acceptors (Lipinski definition) is 3. The minimum atomic E-state index is -4.58. The van der Waals surface area contributed by atoms with Crippen molar-refractivity contribution in [3.05, 3.63) is 64.5 Å². The summed E-state index contributed by atoms with van der Waals surface area (Å²) in [6.07, 6.45) is -2.72. The third kappa shape index (κ3) is 2.26. The number of rotatable bonds is 0. The van der Waals surface area contributed by atoms with Crippen LogP contribution in [0.25, 0.3) is 0 Å². The van der Waals surface area contributed by atoms with Crippen LogP contribution in [0.1, 0.15) is 40.9 Å². The number of hydrogen-bond donors (Lipinski definition) is 1. The zero-order chi connectivity index (χ0) is 18.5. The van der Waals surface area contributed by atoms with Crippen LogP contribution in [0.5, 0.6) is 0 Å². The van der Waals surface area contributed by atoms with E-state index < -0.39 is 23.2 Å². The van der Waals surface area contributed by atoms with E-state index in [-0.39, 0.29) is 11.5 Å². The number of pyridine rings is 1. The number of amides is 1. The van der Waals surface area contributed by atoms with Gasteiger partial charge in [0.1, 0.15) is 16.9 Å². The molecule has 2 heterocycles. The summed E-state index contributed by atoms with van der Waals surface area (Å²) in [4.78, 5) is 21.2. The van der Waals surface area contributed by atoms with Crippen LogP contribution in [0.2, 0.25) is 0 Å². The summed E-state index contributed by atoms with van der Waals surface area (Å²) in [6.45, 7) is 0. The molecule has 1 amide bonds. The molecule has 1 N–H and O–H groups in total. The van der Waals surface area contributed by atoms with E-state index in [4.69, 9.17) is 0 Å². The van der Waals surface area contributed by atoms with Crippen LogP contribution in [0.15, 0.2) is 41.4 Å². The molecule has 0 saturated heterocycles. The maximum atomic E-state index is 13.3. The van der Waals surface area contributed by atoms with E-state index in [9.17, 15) is 18.0 Å². The highest BCUT2D eigenvalue weighted by Gasteiger charge is 2.51. The van der Waals surface area contributed by atoms with Gasteiger partial charge in [0.2, 0.25) is 0 Å². The fourth-order valence-electron chi connectivity index (χ4n) is 3.98. The van der Waals surface area contributed by atoms with Crippen molar-refractivity contribution in [3.8, 4) is 0 Å². The Morgan fingerprint density at radius 1 is 1.15 bits per heavy atom. The SMILES string of the molecule is CNC1=NC(=O)[C@@]2(CCCc3ccccc32)c2nc(C(F)(F)F)ccc21. The zero-order valence-electron chi connectivity index (χ0n) is 14.0. The van der Waals surface area contributed by atoms with Crippen LogP contribution >= 0.6 is 0 Å². The highest BCUT2D eigenvalue weighted by Crippen LogP contribution is 2.46. The molecule has 1 atom stereocenters. The van der Waals surface area contributed by atoms with Gasteiger partial charge in [0, 0.05) is 12.6 Å². The Bertz CT molecular complexity index is 936. The van der Waals surface area contributed by atoms with Crippen molar-refractivity contribution < 1.29 is 18.0 Å². The number of carbonyl (C=O) groups is 1. The van der Waals surface area contributed by atoms with Crippen molar-refractivity contribution in [1.82, 2.24) is 10.3 Å². The van der Waals surface area contributed by atoms with E-state index in [2.05, 4.69) is 15.3 Å². The third-order valence-electron chi connectivity index (χ3n) is 5.14. The monoisotopic (exact) mass is 359 g/mol. The van der Waals surface area contributed by atoms with Crippen LogP contribution in [0, 0.1) is 0 Å². The van der Waals surface area contributed by atoms with Gasteiger partial charge in [-0.05, 0) is 42.5 Å². The van der Waals surface area contributed by atoms with Gasteiger partial charge in [0.15, 0.2) is 0 Å². The fourth-order valence-corrected chi connectivity index (χ4v) is 3.98. The number of alkyl halides is 3. The Labute approximate surface area is 148 Å². The molecule has 1 aromatic carbocycles. The minimum absolute atomic E-state index is 0.142. The lowest BCUT2D eigenvalue weighted by Gasteiger charge is -2.39. The van der Waals surface area contributed by atoms with Crippen molar-refractivity contribution in [2.45, 2.75) is 30.9 Å². The smallest absolute Gasteiger partial charge is 0.372 e. The quantitative estimate of drug-likeness (QED) is 0.786. The van der Waals surface area contributed by atoms with Gasteiger partial charge in [0.05, 0.1) is 5.69 Å². The molecule has 4 nitrogen and oxygen atoms in total. The third-order valence-corrected chi connectivity index (χ3v) is 5.14. The minimum Gasteiger partial charge on any atom is -0.372 e. The van der Waals surface area contributed by atoms with E-state index in [1.807, 2.05) is 12.1 Å². The van der Waals surface area contributed by atoms with Gasteiger partial charge in [-0.15, -0.1) is 0 Å². The molecule has 0 radical (unpaired) electrons. The predicted molar refractivity (Wildman–Crippen MR) is 90.0 cm³/mol. The van der Waals surface area contributed by atoms with Crippen LogP contribution in [-0.2, 0) is 22.8 Å². The molecular weight excluding hydrogens is 343 g/mol. The fraction of sp³-hybridized carbons (Fsp3) is 0.316. The summed E-state index contributed by atoms with van der Waals surface area (Å²) in [6, 6.07) is 9.67. The first-order valence-electron chi connectivity index (χ1n) is 8.36. The normalized spacial score (nSPS) is 21.8. The highest BCUT2D eigenvalue weighted by molar-refractivity contribution is 6.13. The van der Waals surface area contributed by atoms with Gasteiger partial charge < -0.3 is 5.32 Å². The zero-order valence-corrected chi connectivity index (χ0v) is 14.0. The number of benzene rings is 1. The first kappa shape index (κ1) is 16.8. The van der Waals surface area contributed by atoms with Gasteiger partial charge >= 0.3 is 6.18 Å². The maximum Gasteiger partial charge on any atom is 0.433 e. The summed E-state index contributed by atoms with van der Waals surface area (Å²) in [5, 5.41) is 2.80.